The second-order valence-electron chi connectivity index (χ2n) is 4.08. The first-order valence-electron chi connectivity index (χ1n) is 5.25. The van der Waals surface area contributed by atoms with Gasteiger partial charge in [0.15, 0.2) is 0 Å². The zero-order valence-electron chi connectivity index (χ0n) is 9.02. The molecule has 1 saturated carbocycles. The number of thioether (sulfide) groups is 1. The molecule has 2 unspecified atom stereocenters. The minimum Gasteiger partial charge on any atom is -0.477 e. The summed E-state index contributed by atoms with van der Waals surface area (Å²) in [4.78, 5) is 11.1. The molecule has 0 spiro atoms. The average molecular weight is 260 g/mol. The molecule has 3 nitrogen and oxygen atoms in total. The van der Waals surface area contributed by atoms with E-state index in [0.717, 1.165) is 19.3 Å². The zero-order valence-corrected chi connectivity index (χ0v) is 10.6. The van der Waals surface area contributed by atoms with Crippen LogP contribution in [0.4, 0.5) is 0 Å². The van der Waals surface area contributed by atoms with E-state index in [1.165, 1.54) is 6.07 Å². The fourth-order valence-electron chi connectivity index (χ4n) is 2.30. The van der Waals surface area contributed by atoms with E-state index >= 15 is 0 Å². The van der Waals surface area contributed by atoms with Gasteiger partial charge in [0.05, 0.1) is 5.02 Å². The molecule has 88 valence electrons. The van der Waals surface area contributed by atoms with E-state index in [-0.39, 0.29) is 6.04 Å². The van der Waals surface area contributed by atoms with Crippen LogP contribution >= 0.6 is 23.4 Å². The number of carbonyl (C=O) groups is 1. The number of aromatic carboxylic acids is 1. The van der Waals surface area contributed by atoms with E-state index in [1.807, 2.05) is 16.3 Å². The van der Waals surface area contributed by atoms with Crippen molar-refractivity contribution in [3.05, 3.63) is 23.0 Å². The van der Waals surface area contributed by atoms with E-state index in [0.29, 0.717) is 16.0 Å². The van der Waals surface area contributed by atoms with Gasteiger partial charge in [0, 0.05) is 17.5 Å². The first-order valence-corrected chi connectivity index (χ1v) is 6.92. The summed E-state index contributed by atoms with van der Waals surface area (Å²) in [6.07, 6.45) is 7.07. The molecule has 16 heavy (non-hydrogen) atoms. The van der Waals surface area contributed by atoms with Crippen molar-refractivity contribution in [2.75, 3.05) is 6.26 Å². The van der Waals surface area contributed by atoms with Crippen LogP contribution in [0.1, 0.15) is 35.8 Å². The third kappa shape index (κ3) is 2.23. The summed E-state index contributed by atoms with van der Waals surface area (Å²) < 4.78 is 1.82. The van der Waals surface area contributed by atoms with Crippen LogP contribution in [0.2, 0.25) is 5.02 Å². The molecule has 0 saturated heterocycles. The standard InChI is InChI=1S/C11H14ClNO2S/c1-16-9-3-2-8(5-9)13-6-7(12)4-10(13)11(14)15/h4,6,8-9H,2-3,5H2,1H3,(H,14,15). The second-order valence-corrected chi connectivity index (χ2v) is 5.66. The summed E-state index contributed by atoms with van der Waals surface area (Å²) >= 11 is 7.73. The van der Waals surface area contributed by atoms with Crippen LogP contribution in [-0.2, 0) is 0 Å². The van der Waals surface area contributed by atoms with E-state index in [1.54, 1.807) is 6.20 Å². The van der Waals surface area contributed by atoms with Crippen molar-refractivity contribution >= 4 is 29.3 Å². The lowest BCUT2D eigenvalue weighted by atomic mass is 10.2. The van der Waals surface area contributed by atoms with Gasteiger partial charge in [0.1, 0.15) is 5.69 Å². The van der Waals surface area contributed by atoms with Gasteiger partial charge in [-0.25, -0.2) is 4.79 Å². The number of aromatic nitrogens is 1. The Labute approximate surface area is 104 Å². The van der Waals surface area contributed by atoms with Gasteiger partial charge in [-0.1, -0.05) is 11.6 Å². The van der Waals surface area contributed by atoms with Crippen molar-refractivity contribution < 1.29 is 9.90 Å². The minimum atomic E-state index is -0.903. The van der Waals surface area contributed by atoms with Crippen LogP contribution in [0.25, 0.3) is 0 Å². The first kappa shape index (κ1) is 11.9. The Kier molecular flexibility index (Phi) is 3.50. The van der Waals surface area contributed by atoms with Gasteiger partial charge in [-0.2, -0.15) is 11.8 Å². The van der Waals surface area contributed by atoms with Gasteiger partial charge in [-0.3, -0.25) is 0 Å². The van der Waals surface area contributed by atoms with Crippen LogP contribution < -0.4 is 0 Å². The number of hydrogen-bond donors (Lipinski definition) is 1. The van der Waals surface area contributed by atoms with Gasteiger partial charge in [0.2, 0.25) is 0 Å². The van der Waals surface area contributed by atoms with Crippen LogP contribution in [0.5, 0.6) is 0 Å². The molecule has 1 aliphatic carbocycles. The summed E-state index contributed by atoms with van der Waals surface area (Å²) in [6, 6.07) is 1.81. The van der Waals surface area contributed by atoms with Crippen molar-refractivity contribution in [1.82, 2.24) is 4.57 Å². The molecule has 1 heterocycles. The number of carboxylic acid groups (broad SMARTS) is 1. The molecule has 1 aromatic rings. The predicted octanol–water partition coefficient (Wildman–Crippen LogP) is 3.30. The third-order valence-electron chi connectivity index (χ3n) is 3.12. The fraction of sp³-hybridized carbons (Fsp3) is 0.545. The molecule has 1 aliphatic rings. The summed E-state index contributed by atoms with van der Waals surface area (Å²) in [5.74, 6) is -0.903. The lowest BCUT2D eigenvalue weighted by molar-refractivity contribution is 0.0682. The number of hydrogen-bond acceptors (Lipinski definition) is 2. The molecule has 5 heteroatoms. The zero-order chi connectivity index (χ0) is 11.7. The van der Waals surface area contributed by atoms with E-state index < -0.39 is 5.97 Å². The van der Waals surface area contributed by atoms with Crippen LogP contribution in [-0.4, -0.2) is 27.1 Å². The molecule has 0 radical (unpaired) electrons. The Morgan fingerprint density at radius 2 is 2.38 bits per heavy atom. The monoisotopic (exact) mass is 259 g/mol. The maximum atomic E-state index is 11.1. The summed E-state index contributed by atoms with van der Waals surface area (Å²) in [5, 5.41) is 10.2. The Balaban J connectivity index is 2.23. The third-order valence-corrected chi connectivity index (χ3v) is 4.42. The largest absolute Gasteiger partial charge is 0.477 e. The number of carboxylic acids is 1. The molecule has 1 aromatic heterocycles. The first-order chi connectivity index (χ1) is 7.61. The molecule has 1 fully saturated rings. The van der Waals surface area contributed by atoms with Crippen LogP contribution in [0.15, 0.2) is 12.3 Å². The van der Waals surface area contributed by atoms with Gasteiger partial charge < -0.3 is 9.67 Å². The maximum Gasteiger partial charge on any atom is 0.352 e. The van der Waals surface area contributed by atoms with Crippen molar-refractivity contribution in [2.24, 2.45) is 0 Å². The quantitative estimate of drug-likeness (QED) is 0.906. The fourth-order valence-corrected chi connectivity index (χ4v) is 3.30. The highest BCUT2D eigenvalue weighted by molar-refractivity contribution is 7.99. The summed E-state index contributed by atoms with van der Waals surface area (Å²) in [7, 11) is 0. The van der Waals surface area contributed by atoms with E-state index in [9.17, 15) is 4.79 Å². The molecular formula is C11H14ClNO2S. The number of nitrogens with zero attached hydrogens (tertiary/aromatic N) is 1. The average Bonchev–Trinajstić information content (AvgIpc) is 2.82. The van der Waals surface area contributed by atoms with Crippen molar-refractivity contribution in [2.45, 2.75) is 30.6 Å². The highest BCUT2D eigenvalue weighted by Crippen LogP contribution is 2.37. The molecular weight excluding hydrogens is 246 g/mol. The molecule has 2 rings (SSSR count). The Morgan fingerprint density at radius 3 is 2.94 bits per heavy atom. The van der Waals surface area contributed by atoms with Gasteiger partial charge >= 0.3 is 5.97 Å². The smallest absolute Gasteiger partial charge is 0.352 e. The Hall–Kier alpha value is -0.610. The maximum absolute atomic E-state index is 11.1. The Bertz CT molecular complexity index is 405. The molecule has 1 N–H and O–H groups in total. The Morgan fingerprint density at radius 1 is 1.62 bits per heavy atom. The van der Waals surface area contributed by atoms with Gasteiger partial charge in [-0.05, 0) is 31.6 Å². The SMILES string of the molecule is CSC1CCC(n2cc(Cl)cc2C(=O)O)C1. The normalized spacial score (nSPS) is 24.9. The van der Waals surface area contributed by atoms with Crippen molar-refractivity contribution in [3.8, 4) is 0 Å². The molecule has 2 atom stereocenters. The number of rotatable bonds is 3. The molecule has 0 aromatic carbocycles. The van der Waals surface area contributed by atoms with Crippen molar-refractivity contribution in [3.63, 3.8) is 0 Å². The van der Waals surface area contributed by atoms with Crippen LogP contribution in [0.3, 0.4) is 0 Å². The van der Waals surface area contributed by atoms with Crippen molar-refractivity contribution in [1.29, 1.82) is 0 Å². The highest BCUT2D eigenvalue weighted by atomic mass is 35.5. The second kappa shape index (κ2) is 4.72. The topological polar surface area (TPSA) is 42.2 Å². The summed E-state index contributed by atoms with van der Waals surface area (Å²) in [6.45, 7) is 0. The molecule has 0 aliphatic heterocycles. The van der Waals surface area contributed by atoms with Gasteiger partial charge in [0.25, 0.3) is 0 Å². The molecule has 0 amide bonds. The lowest BCUT2D eigenvalue weighted by Gasteiger charge is -2.14. The predicted molar refractivity (Wildman–Crippen MR) is 66.6 cm³/mol. The van der Waals surface area contributed by atoms with E-state index in [2.05, 4.69) is 6.26 Å². The van der Waals surface area contributed by atoms with E-state index in [4.69, 9.17) is 16.7 Å². The molecule has 0 bridgehead atoms. The van der Waals surface area contributed by atoms with Crippen LogP contribution in [0, 0.1) is 0 Å². The van der Waals surface area contributed by atoms with Gasteiger partial charge in [-0.15, -0.1) is 0 Å². The number of halogens is 1. The highest BCUT2D eigenvalue weighted by Gasteiger charge is 2.27. The lowest BCUT2D eigenvalue weighted by Crippen LogP contribution is -2.12. The minimum absolute atomic E-state index is 0.288. The summed E-state index contributed by atoms with van der Waals surface area (Å²) in [5.41, 5.74) is 0.303.